The van der Waals surface area contributed by atoms with Gasteiger partial charge in [-0.15, -0.1) is 0 Å². The zero-order valence-electron chi connectivity index (χ0n) is 16.8. The van der Waals surface area contributed by atoms with Crippen molar-refractivity contribution < 1.29 is 14.6 Å². The van der Waals surface area contributed by atoms with E-state index in [1.54, 1.807) is 4.90 Å². The summed E-state index contributed by atoms with van der Waals surface area (Å²) < 4.78 is 5.35. The minimum absolute atomic E-state index is 0.0805. The largest absolute Gasteiger partial charge is 0.394 e. The number of benzene rings is 1. The third-order valence-electron chi connectivity index (χ3n) is 6.44. The Morgan fingerprint density at radius 2 is 2.03 bits per heavy atom. The topological polar surface area (TPSA) is 76.8 Å². The number of carbonyl (C=O) groups is 1. The molecule has 154 valence electrons. The summed E-state index contributed by atoms with van der Waals surface area (Å²) in [5.74, 6) is -0.235. The minimum atomic E-state index is -0.536. The maximum Gasteiger partial charge on any atom is 0.238 e. The summed E-state index contributed by atoms with van der Waals surface area (Å²) in [5, 5.41) is 20.0. The smallest absolute Gasteiger partial charge is 0.238 e. The maximum atomic E-state index is 13.0. The number of aliphatic hydroxyl groups is 1. The fourth-order valence-electron chi connectivity index (χ4n) is 4.92. The highest BCUT2D eigenvalue weighted by Gasteiger charge is 2.52. The Kier molecular flexibility index (Phi) is 6.29. The molecule has 1 aliphatic carbocycles. The molecule has 1 aromatic rings. The maximum absolute atomic E-state index is 13.0. The zero-order valence-corrected chi connectivity index (χ0v) is 16.8. The van der Waals surface area contributed by atoms with Crippen molar-refractivity contribution in [2.75, 3.05) is 39.5 Å². The number of amides is 1. The molecule has 4 rings (SSSR count). The highest BCUT2D eigenvalue weighted by atomic mass is 16.5. The Morgan fingerprint density at radius 1 is 1.24 bits per heavy atom. The third kappa shape index (κ3) is 3.95. The average molecular weight is 396 g/mol. The van der Waals surface area contributed by atoms with Crippen LogP contribution in [0.15, 0.2) is 30.3 Å². The van der Waals surface area contributed by atoms with E-state index in [-0.39, 0.29) is 31.0 Å². The van der Waals surface area contributed by atoms with Crippen molar-refractivity contribution in [1.82, 2.24) is 9.80 Å². The van der Waals surface area contributed by atoms with Gasteiger partial charge >= 0.3 is 0 Å². The summed E-state index contributed by atoms with van der Waals surface area (Å²) in [4.78, 5) is 16.6. The Morgan fingerprint density at radius 3 is 2.72 bits per heavy atom. The van der Waals surface area contributed by atoms with Crippen LogP contribution in [-0.4, -0.2) is 72.4 Å². The highest BCUT2D eigenvalue weighted by molar-refractivity contribution is 5.81. The number of ether oxygens (including phenoxy) is 1. The van der Waals surface area contributed by atoms with Crippen LogP contribution in [0, 0.1) is 11.3 Å². The molecule has 1 amide bonds. The van der Waals surface area contributed by atoms with Gasteiger partial charge in [-0.1, -0.05) is 30.3 Å². The van der Waals surface area contributed by atoms with E-state index in [0.29, 0.717) is 13.2 Å². The predicted molar refractivity (Wildman–Crippen MR) is 110 cm³/mol. The molecule has 0 radical (unpaired) electrons. The van der Waals surface area contributed by atoms with Crippen LogP contribution >= 0.6 is 0 Å². The minimum Gasteiger partial charge on any atom is -0.394 e. The number of nitriles is 1. The second-order valence-electron chi connectivity index (χ2n) is 8.10. The number of allylic oxidation sites excluding steroid dienone is 2. The van der Waals surface area contributed by atoms with E-state index in [1.807, 2.05) is 12.1 Å². The lowest BCUT2D eigenvalue weighted by Crippen LogP contribution is -2.66. The highest BCUT2D eigenvalue weighted by Crippen LogP contribution is 2.44. The normalized spacial score (nSPS) is 27.7. The van der Waals surface area contributed by atoms with Crippen LogP contribution in [0.2, 0.25) is 0 Å². The first kappa shape index (κ1) is 20.1. The number of rotatable bonds is 5. The van der Waals surface area contributed by atoms with Gasteiger partial charge in [-0.25, -0.2) is 0 Å². The van der Waals surface area contributed by atoms with E-state index in [1.165, 1.54) is 24.0 Å². The van der Waals surface area contributed by atoms with E-state index in [9.17, 15) is 15.2 Å². The Balaban J connectivity index is 1.57. The van der Waals surface area contributed by atoms with Crippen molar-refractivity contribution in [1.29, 1.82) is 5.26 Å². The fourth-order valence-corrected chi connectivity index (χ4v) is 4.92. The van der Waals surface area contributed by atoms with Crippen LogP contribution < -0.4 is 0 Å². The molecule has 2 heterocycles. The molecule has 2 fully saturated rings. The average Bonchev–Trinajstić information content (AvgIpc) is 2.75. The Labute approximate surface area is 172 Å². The molecular weight excluding hydrogens is 366 g/mol. The van der Waals surface area contributed by atoms with Gasteiger partial charge in [0.2, 0.25) is 5.91 Å². The molecule has 0 spiro atoms. The van der Waals surface area contributed by atoms with Gasteiger partial charge in [-0.05, 0) is 42.4 Å². The van der Waals surface area contributed by atoms with Crippen molar-refractivity contribution in [3.63, 3.8) is 0 Å². The number of aliphatic hydroxyl groups excluding tert-OH is 1. The van der Waals surface area contributed by atoms with Crippen LogP contribution in [0.25, 0.3) is 5.57 Å². The van der Waals surface area contributed by atoms with Gasteiger partial charge in [-0.3, -0.25) is 9.69 Å². The van der Waals surface area contributed by atoms with Gasteiger partial charge in [0.15, 0.2) is 0 Å². The number of hydrogen-bond donors (Lipinski definition) is 1. The molecule has 2 saturated heterocycles. The number of hydrogen-bond acceptors (Lipinski definition) is 5. The van der Waals surface area contributed by atoms with Crippen LogP contribution in [0.1, 0.15) is 42.7 Å². The molecule has 0 aromatic heterocycles. The van der Waals surface area contributed by atoms with Gasteiger partial charge in [-0.2, -0.15) is 5.26 Å². The monoisotopic (exact) mass is 395 g/mol. The van der Waals surface area contributed by atoms with Crippen molar-refractivity contribution in [2.45, 2.75) is 43.7 Å². The van der Waals surface area contributed by atoms with E-state index in [4.69, 9.17) is 4.74 Å². The molecule has 3 aliphatic rings. The molecule has 6 heteroatoms. The molecule has 1 N–H and O–H groups in total. The number of nitrogens with zero attached hydrogens (tertiary/aromatic N) is 3. The molecule has 0 unspecified atom stereocenters. The van der Waals surface area contributed by atoms with E-state index >= 15 is 0 Å². The standard InChI is InChI=1S/C23H29N3O3/c24-14-20-23(19-9-5-4-8-18(19)17-6-2-1-3-7-17)21(16-27)26(20)22(28)15-25-10-12-29-13-11-25/h4-6,8-9,20-21,23,27H,1-3,7,10-13,15-16H2/t20-,21+,23+/m0/s1. The van der Waals surface area contributed by atoms with Gasteiger partial charge in [0.25, 0.3) is 0 Å². The number of morpholine rings is 1. The van der Waals surface area contributed by atoms with Crippen molar-refractivity contribution in [3.05, 3.63) is 41.5 Å². The van der Waals surface area contributed by atoms with Crippen LogP contribution in [-0.2, 0) is 9.53 Å². The second kappa shape index (κ2) is 9.08. The lowest BCUT2D eigenvalue weighted by molar-refractivity contribution is -0.149. The van der Waals surface area contributed by atoms with Crippen LogP contribution in [0.5, 0.6) is 0 Å². The summed E-state index contributed by atoms with van der Waals surface area (Å²) in [5.41, 5.74) is 3.59. The molecule has 1 aromatic carbocycles. The first-order valence-corrected chi connectivity index (χ1v) is 10.6. The van der Waals surface area contributed by atoms with Gasteiger partial charge in [0.05, 0.1) is 38.5 Å². The molecule has 29 heavy (non-hydrogen) atoms. The third-order valence-corrected chi connectivity index (χ3v) is 6.44. The Hall–Kier alpha value is -2.20. The van der Waals surface area contributed by atoms with E-state index in [2.05, 4.69) is 29.2 Å². The van der Waals surface area contributed by atoms with Crippen LogP contribution in [0.3, 0.4) is 0 Å². The first-order chi connectivity index (χ1) is 14.2. The molecule has 6 nitrogen and oxygen atoms in total. The molecule has 3 atom stereocenters. The summed E-state index contributed by atoms with van der Waals surface area (Å²) >= 11 is 0. The summed E-state index contributed by atoms with van der Waals surface area (Å²) in [6.45, 7) is 2.84. The van der Waals surface area contributed by atoms with Crippen LogP contribution in [0.4, 0.5) is 0 Å². The second-order valence-corrected chi connectivity index (χ2v) is 8.10. The lowest BCUT2D eigenvalue weighted by atomic mass is 9.72. The van der Waals surface area contributed by atoms with Crippen molar-refractivity contribution in [3.8, 4) is 6.07 Å². The predicted octanol–water partition coefficient (Wildman–Crippen LogP) is 2.16. The lowest BCUT2D eigenvalue weighted by Gasteiger charge is -2.52. The summed E-state index contributed by atoms with van der Waals surface area (Å²) in [6.07, 6.45) is 6.84. The first-order valence-electron chi connectivity index (χ1n) is 10.6. The number of likely N-dealkylation sites (tertiary alicyclic amines) is 1. The SMILES string of the molecule is N#C[C@H]1[C@@H](c2ccccc2C2=CCCCC2)[C@@H](CO)N1C(=O)CN1CCOCC1. The van der Waals surface area contributed by atoms with Gasteiger partial charge in [0, 0.05) is 19.0 Å². The van der Waals surface area contributed by atoms with Crippen molar-refractivity contribution >= 4 is 11.5 Å². The zero-order chi connectivity index (χ0) is 20.2. The van der Waals surface area contributed by atoms with Crippen molar-refractivity contribution in [2.24, 2.45) is 0 Å². The quantitative estimate of drug-likeness (QED) is 0.827. The fraction of sp³-hybridized carbons (Fsp3) is 0.565. The summed E-state index contributed by atoms with van der Waals surface area (Å²) in [6, 6.07) is 9.66. The molecular formula is C23H29N3O3. The van der Waals surface area contributed by atoms with E-state index in [0.717, 1.165) is 31.5 Å². The molecule has 2 aliphatic heterocycles. The van der Waals surface area contributed by atoms with E-state index < -0.39 is 6.04 Å². The van der Waals surface area contributed by atoms with Gasteiger partial charge < -0.3 is 14.7 Å². The summed E-state index contributed by atoms with van der Waals surface area (Å²) in [7, 11) is 0. The molecule has 0 bridgehead atoms. The molecule has 0 saturated carbocycles. The van der Waals surface area contributed by atoms with Gasteiger partial charge in [0.1, 0.15) is 6.04 Å². The number of carbonyl (C=O) groups excluding carboxylic acids is 1. The Bertz CT molecular complexity index is 810.